The zero-order valence-corrected chi connectivity index (χ0v) is 15.7. The minimum Gasteiger partial charge on any atom is -0.497 e. The first-order valence-corrected chi connectivity index (χ1v) is 6.76. The molecule has 0 saturated heterocycles. The smallest absolute Gasteiger partial charge is 0.191 e. The molecule has 0 fully saturated rings. The average molecular weight is 407 g/mol. The SMILES string of the molecule is CN=C(NCc1ccc(OC)cc1OC)NCC(C)C.I. The van der Waals surface area contributed by atoms with Gasteiger partial charge in [-0.15, -0.1) is 24.0 Å². The van der Waals surface area contributed by atoms with E-state index in [2.05, 4.69) is 29.5 Å². The third kappa shape index (κ3) is 6.88. The molecule has 0 atom stereocenters. The zero-order chi connectivity index (χ0) is 15.0. The van der Waals surface area contributed by atoms with E-state index in [9.17, 15) is 0 Å². The fourth-order valence-corrected chi connectivity index (χ4v) is 1.70. The van der Waals surface area contributed by atoms with Crippen LogP contribution in [0.5, 0.6) is 11.5 Å². The number of hydrogen-bond donors (Lipinski definition) is 2. The van der Waals surface area contributed by atoms with E-state index in [1.165, 1.54) is 0 Å². The molecule has 21 heavy (non-hydrogen) atoms. The van der Waals surface area contributed by atoms with E-state index in [1.807, 2.05) is 18.2 Å². The Balaban J connectivity index is 0.00000400. The number of rotatable bonds is 6. The van der Waals surface area contributed by atoms with Crippen molar-refractivity contribution in [2.24, 2.45) is 10.9 Å². The van der Waals surface area contributed by atoms with Crippen molar-refractivity contribution in [2.45, 2.75) is 20.4 Å². The van der Waals surface area contributed by atoms with Crippen molar-refractivity contribution in [3.63, 3.8) is 0 Å². The van der Waals surface area contributed by atoms with Gasteiger partial charge < -0.3 is 20.1 Å². The predicted octanol–water partition coefficient (Wildman–Crippen LogP) is 2.64. The van der Waals surface area contributed by atoms with E-state index < -0.39 is 0 Å². The van der Waals surface area contributed by atoms with Crippen molar-refractivity contribution >= 4 is 29.9 Å². The molecule has 0 radical (unpaired) electrons. The number of nitrogens with one attached hydrogen (secondary N) is 2. The van der Waals surface area contributed by atoms with Gasteiger partial charge in [0.1, 0.15) is 11.5 Å². The highest BCUT2D eigenvalue weighted by Gasteiger charge is 2.06. The van der Waals surface area contributed by atoms with E-state index in [0.29, 0.717) is 12.5 Å². The maximum atomic E-state index is 5.37. The molecular formula is C15H26IN3O2. The second-order valence-electron chi connectivity index (χ2n) is 4.88. The highest BCUT2D eigenvalue weighted by molar-refractivity contribution is 14.0. The molecular weight excluding hydrogens is 381 g/mol. The lowest BCUT2D eigenvalue weighted by atomic mass is 10.2. The van der Waals surface area contributed by atoms with Gasteiger partial charge >= 0.3 is 0 Å². The molecule has 1 aromatic rings. The van der Waals surface area contributed by atoms with Crippen molar-refractivity contribution in [1.82, 2.24) is 10.6 Å². The first kappa shape index (κ1) is 19.8. The topological polar surface area (TPSA) is 54.9 Å². The van der Waals surface area contributed by atoms with Gasteiger partial charge in [-0.25, -0.2) is 0 Å². The maximum absolute atomic E-state index is 5.37. The molecule has 2 N–H and O–H groups in total. The van der Waals surface area contributed by atoms with Gasteiger partial charge in [-0.05, 0) is 18.1 Å². The van der Waals surface area contributed by atoms with Crippen LogP contribution in [0.3, 0.4) is 0 Å². The summed E-state index contributed by atoms with van der Waals surface area (Å²) in [4.78, 5) is 4.19. The molecule has 0 amide bonds. The maximum Gasteiger partial charge on any atom is 0.191 e. The standard InChI is InChI=1S/C15H25N3O2.HI/c1-11(2)9-17-15(16-3)18-10-12-6-7-13(19-4)8-14(12)20-5;/h6-8,11H,9-10H2,1-5H3,(H2,16,17,18);1H. The Morgan fingerprint density at radius 2 is 1.90 bits per heavy atom. The molecule has 0 spiro atoms. The fraction of sp³-hybridized carbons (Fsp3) is 0.533. The minimum absolute atomic E-state index is 0. The molecule has 5 nitrogen and oxygen atoms in total. The molecule has 0 bridgehead atoms. The van der Waals surface area contributed by atoms with Crippen molar-refractivity contribution < 1.29 is 9.47 Å². The molecule has 0 saturated carbocycles. The van der Waals surface area contributed by atoms with Crippen LogP contribution in [0.4, 0.5) is 0 Å². The Bertz CT molecular complexity index is 451. The number of halogens is 1. The van der Waals surface area contributed by atoms with Crippen LogP contribution in [0.25, 0.3) is 0 Å². The molecule has 1 rings (SSSR count). The monoisotopic (exact) mass is 407 g/mol. The molecule has 0 unspecified atom stereocenters. The van der Waals surface area contributed by atoms with Gasteiger partial charge in [0.05, 0.1) is 14.2 Å². The van der Waals surface area contributed by atoms with Crippen LogP contribution < -0.4 is 20.1 Å². The summed E-state index contributed by atoms with van der Waals surface area (Å²) in [5, 5.41) is 6.54. The number of aliphatic imine (C=N–C) groups is 1. The van der Waals surface area contributed by atoms with Gasteiger partial charge in [0.15, 0.2) is 5.96 Å². The Hall–Kier alpha value is -1.18. The Kier molecular flexibility index (Phi) is 9.94. The van der Waals surface area contributed by atoms with Crippen LogP contribution in [0, 0.1) is 5.92 Å². The summed E-state index contributed by atoms with van der Waals surface area (Å²) in [5.41, 5.74) is 1.06. The van der Waals surface area contributed by atoms with Gasteiger partial charge in [0.2, 0.25) is 0 Å². The molecule has 0 heterocycles. The molecule has 0 aliphatic heterocycles. The lowest BCUT2D eigenvalue weighted by molar-refractivity contribution is 0.390. The van der Waals surface area contributed by atoms with Crippen LogP contribution in [-0.4, -0.2) is 33.8 Å². The lowest BCUT2D eigenvalue weighted by Gasteiger charge is -2.15. The van der Waals surface area contributed by atoms with Crippen LogP contribution >= 0.6 is 24.0 Å². The van der Waals surface area contributed by atoms with Crippen molar-refractivity contribution in [1.29, 1.82) is 0 Å². The zero-order valence-electron chi connectivity index (χ0n) is 13.4. The van der Waals surface area contributed by atoms with Crippen LogP contribution in [-0.2, 0) is 6.54 Å². The summed E-state index contributed by atoms with van der Waals surface area (Å²) in [6.07, 6.45) is 0. The van der Waals surface area contributed by atoms with Crippen molar-refractivity contribution in [2.75, 3.05) is 27.8 Å². The highest BCUT2D eigenvalue weighted by Crippen LogP contribution is 2.24. The van der Waals surface area contributed by atoms with Crippen LogP contribution in [0.15, 0.2) is 23.2 Å². The summed E-state index contributed by atoms with van der Waals surface area (Å²) < 4.78 is 10.6. The van der Waals surface area contributed by atoms with Gasteiger partial charge in [-0.3, -0.25) is 4.99 Å². The second-order valence-corrected chi connectivity index (χ2v) is 4.88. The van der Waals surface area contributed by atoms with E-state index in [1.54, 1.807) is 21.3 Å². The van der Waals surface area contributed by atoms with Crippen LogP contribution in [0.1, 0.15) is 19.4 Å². The van der Waals surface area contributed by atoms with E-state index in [4.69, 9.17) is 9.47 Å². The number of methoxy groups -OCH3 is 2. The fourth-order valence-electron chi connectivity index (χ4n) is 1.70. The summed E-state index contributed by atoms with van der Waals surface area (Å²) in [6.45, 7) is 5.85. The molecule has 0 aliphatic carbocycles. The molecule has 0 aromatic heterocycles. The molecule has 1 aromatic carbocycles. The normalized spacial score (nSPS) is 10.9. The number of guanidine groups is 1. The Morgan fingerprint density at radius 3 is 2.43 bits per heavy atom. The first-order chi connectivity index (χ1) is 9.60. The summed E-state index contributed by atoms with van der Waals surface area (Å²) >= 11 is 0. The third-order valence-corrected chi connectivity index (χ3v) is 2.84. The second kappa shape index (κ2) is 10.5. The highest BCUT2D eigenvalue weighted by atomic mass is 127. The minimum atomic E-state index is 0. The quantitative estimate of drug-likeness (QED) is 0.433. The predicted molar refractivity (Wildman–Crippen MR) is 98.0 cm³/mol. The number of nitrogens with zero attached hydrogens (tertiary/aromatic N) is 1. The molecule has 120 valence electrons. The third-order valence-electron chi connectivity index (χ3n) is 2.84. The molecule has 6 heteroatoms. The number of hydrogen-bond acceptors (Lipinski definition) is 3. The lowest BCUT2D eigenvalue weighted by Crippen LogP contribution is -2.38. The van der Waals surface area contributed by atoms with Gasteiger partial charge in [-0.2, -0.15) is 0 Å². The van der Waals surface area contributed by atoms with E-state index >= 15 is 0 Å². The largest absolute Gasteiger partial charge is 0.497 e. The molecule has 0 aliphatic rings. The number of ether oxygens (including phenoxy) is 2. The van der Waals surface area contributed by atoms with E-state index in [-0.39, 0.29) is 24.0 Å². The Morgan fingerprint density at radius 1 is 1.19 bits per heavy atom. The summed E-state index contributed by atoms with van der Waals surface area (Å²) in [7, 11) is 5.06. The Labute approximate surface area is 144 Å². The first-order valence-electron chi connectivity index (χ1n) is 6.76. The van der Waals surface area contributed by atoms with Crippen molar-refractivity contribution in [3.05, 3.63) is 23.8 Å². The van der Waals surface area contributed by atoms with Gasteiger partial charge in [-0.1, -0.05) is 13.8 Å². The van der Waals surface area contributed by atoms with Gasteiger partial charge in [0.25, 0.3) is 0 Å². The summed E-state index contributed by atoms with van der Waals surface area (Å²) in [5.74, 6) is 2.95. The van der Waals surface area contributed by atoms with Gasteiger partial charge in [0, 0.05) is 31.8 Å². The van der Waals surface area contributed by atoms with Crippen LogP contribution in [0.2, 0.25) is 0 Å². The summed E-state index contributed by atoms with van der Waals surface area (Å²) in [6, 6.07) is 5.78. The van der Waals surface area contributed by atoms with E-state index in [0.717, 1.165) is 29.6 Å². The van der Waals surface area contributed by atoms with Crippen molar-refractivity contribution in [3.8, 4) is 11.5 Å². The number of benzene rings is 1. The average Bonchev–Trinajstić information content (AvgIpc) is 2.47.